The molecular weight excluding hydrogens is 352 g/mol. The van der Waals surface area contributed by atoms with E-state index in [4.69, 9.17) is 14.4 Å². The molecule has 3 N–H and O–H groups in total. The molecule has 27 heavy (non-hydrogen) atoms. The molecule has 1 fully saturated rings. The smallest absolute Gasteiger partial charge is 0.407 e. The summed E-state index contributed by atoms with van der Waals surface area (Å²) in [6.45, 7) is 1.88. The van der Waals surface area contributed by atoms with Crippen molar-refractivity contribution in [2.24, 2.45) is 0 Å². The van der Waals surface area contributed by atoms with E-state index in [0.29, 0.717) is 31.0 Å². The molecule has 1 aliphatic rings. The summed E-state index contributed by atoms with van der Waals surface area (Å²) in [7, 11) is 0. The van der Waals surface area contributed by atoms with Gasteiger partial charge in [-0.2, -0.15) is 4.98 Å². The summed E-state index contributed by atoms with van der Waals surface area (Å²) in [6, 6.07) is 8.88. The second-order valence-electron chi connectivity index (χ2n) is 6.56. The predicted molar refractivity (Wildman–Crippen MR) is 94.1 cm³/mol. The van der Waals surface area contributed by atoms with Gasteiger partial charge < -0.3 is 25.0 Å². The Balaban J connectivity index is 1.63. The lowest BCUT2D eigenvalue weighted by atomic mass is 9.81. The van der Waals surface area contributed by atoms with Crippen molar-refractivity contribution in [3.8, 4) is 0 Å². The number of aromatic nitrogens is 2. The van der Waals surface area contributed by atoms with E-state index < -0.39 is 12.2 Å². The van der Waals surface area contributed by atoms with Crippen molar-refractivity contribution >= 4 is 12.2 Å². The van der Waals surface area contributed by atoms with Gasteiger partial charge in [0, 0.05) is 12.1 Å². The van der Waals surface area contributed by atoms with Gasteiger partial charge in [0.25, 0.3) is 0 Å². The number of nitrogens with zero attached hydrogens (tertiary/aromatic N) is 2. The molecule has 9 nitrogen and oxygen atoms in total. The van der Waals surface area contributed by atoms with Crippen molar-refractivity contribution in [3.05, 3.63) is 47.6 Å². The van der Waals surface area contributed by atoms with E-state index >= 15 is 0 Å². The Morgan fingerprint density at radius 2 is 2.04 bits per heavy atom. The van der Waals surface area contributed by atoms with Crippen molar-refractivity contribution in [2.75, 3.05) is 0 Å². The summed E-state index contributed by atoms with van der Waals surface area (Å²) in [5.74, 6) is 0.586. The second kappa shape index (κ2) is 8.52. The van der Waals surface area contributed by atoms with Crippen LogP contribution in [0.15, 0.2) is 34.9 Å². The van der Waals surface area contributed by atoms with Crippen molar-refractivity contribution in [1.82, 2.24) is 20.8 Å². The Hall–Kier alpha value is -3.10. The number of alkyl carbamates (subject to hydrolysis) is 1. The van der Waals surface area contributed by atoms with Crippen LogP contribution in [0.5, 0.6) is 0 Å². The fourth-order valence-corrected chi connectivity index (χ4v) is 3.30. The number of nitrogens with one attached hydrogen (secondary N) is 2. The Morgan fingerprint density at radius 1 is 1.26 bits per heavy atom. The van der Waals surface area contributed by atoms with Crippen molar-refractivity contribution < 1.29 is 24.0 Å². The Kier molecular flexibility index (Phi) is 5.90. The molecule has 0 unspecified atom stereocenters. The number of carbonyl (C=O) groups is 2. The minimum absolute atomic E-state index is 0.174. The van der Waals surface area contributed by atoms with Crippen LogP contribution in [0.25, 0.3) is 0 Å². The van der Waals surface area contributed by atoms with Gasteiger partial charge in [-0.1, -0.05) is 35.5 Å². The molecule has 0 spiro atoms. The molecule has 0 saturated heterocycles. The molecule has 0 radical (unpaired) electrons. The summed E-state index contributed by atoms with van der Waals surface area (Å²) in [4.78, 5) is 27.4. The highest BCUT2D eigenvalue weighted by Gasteiger charge is 2.36. The van der Waals surface area contributed by atoms with E-state index in [-0.39, 0.29) is 24.6 Å². The van der Waals surface area contributed by atoms with Crippen LogP contribution in [0.3, 0.4) is 0 Å². The number of rotatable bonds is 5. The number of hydrogen-bond acceptors (Lipinski definition) is 6. The van der Waals surface area contributed by atoms with Gasteiger partial charge in [-0.05, 0) is 31.7 Å². The van der Waals surface area contributed by atoms with Gasteiger partial charge >= 0.3 is 12.2 Å². The van der Waals surface area contributed by atoms with Gasteiger partial charge in [0.2, 0.25) is 5.89 Å². The van der Waals surface area contributed by atoms with E-state index in [0.717, 1.165) is 5.56 Å². The Morgan fingerprint density at radius 3 is 2.70 bits per heavy atom. The van der Waals surface area contributed by atoms with Crippen LogP contribution in [-0.4, -0.2) is 39.5 Å². The maximum absolute atomic E-state index is 12.2. The molecule has 2 aromatic rings. The lowest BCUT2D eigenvalue weighted by molar-refractivity contribution is 0.126. The number of hydrogen-bond donors (Lipinski definition) is 3. The second-order valence-corrected chi connectivity index (χ2v) is 6.56. The zero-order valence-electron chi connectivity index (χ0n) is 14.9. The molecule has 9 heteroatoms. The molecule has 1 heterocycles. The summed E-state index contributed by atoms with van der Waals surface area (Å²) < 4.78 is 10.6. The van der Waals surface area contributed by atoms with Crippen LogP contribution in [0.4, 0.5) is 9.59 Å². The van der Waals surface area contributed by atoms with Gasteiger partial charge in [-0.15, -0.1) is 0 Å². The normalized spacial score (nSPS) is 22.0. The first-order valence-electron chi connectivity index (χ1n) is 8.78. The molecule has 0 bridgehead atoms. The molecule has 3 rings (SSSR count). The van der Waals surface area contributed by atoms with Crippen molar-refractivity contribution in [1.29, 1.82) is 0 Å². The highest BCUT2D eigenvalue weighted by atomic mass is 16.5. The molecule has 3 atom stereocenters. The van der Waals surface area contributed by atoms with Crippen LogP contribution in [0.1, 0.15) is 42.5 Å². The average Bonchev–Trinajstić information content (AvgIpc) is 3.08. The van der Waals surface area contributed by atoms with Crippen LogP contribution < -0.4 is 10.6 Å². The van der Waals surface area contributed by atoms with Crippen molar-refractivity contribution in [2.45, 2.75) is 50.8 Å². The molecule has 2 amide bonds. The van der Waals surface area contributed by atoms with Gasteiger partial charge in [0.1, 0.15) is 6.61 Å². The quantitative estimate of drug-likeness (QED) is 0.734. The summed E-state index contributed by atoms with van der Waals surface area (Å²) in [5.41, 5.74) is 0.895. The van der Waals surface area contributed by atoms with E-state index in [1.54, 1.807) is 6.92 Å². The lowest BCUT2D eigenvalue weighted by Crippen LogP contribution is -2.47. The minimum Gasteiger partial charge on any atom is -0.465 e. The van der Waals surface area contributed by atoms with Gasteiger partial charge in [-0.3, -0.25) is 0 Å². The summed E-state index contributed by atoms with van der Waals surface area (Å²) in [5, 5.41) is 18.1. The molecular formula is C18H22N4O5. The lowest BCUT2D eigenvalue weighted by Gasteiger charge is -2.34. The van der Waals surface area contributed by atoms with Crippen LogP contribution in [-0.2, 0) is 11.3 Å². The number of benzene rings is 1. The summed E-state index contributed by atoms with van der Waals surface area (Å²) in [6.07, 6.45) is 0.0121. The number of ether oxygens (including phenoxy) is 1. The minimum atomic E-state index is -1.07. The Bertz CT molecular complexity index is 779. The molecule has 1 aliphatic carbocycles. The van der Waals surface area contributed by atoms with Crippen molar-refractivity contribution in [3.63, 3.8) is 0 Å². The van der Waals surface area contributed by atoms with E-state index in [9.17, 15) is 9.59 Å². The molecule has 144 valence electrons. The standard InChI is InChI=1S/C18H22N4O5/c1-11-19-16(27-22-11)14-9-13(20-17(23)24)7-8-15(14)21-18(25)26-10-12-5-3-2-4-6-12/h2-6,13-15,20H,7-10H2,1H3,(H,21,25)(H,23,24)/t13-,14-,15+/m1/s1. The molecule has 0 aliphatic heterocycles. The third kappa shape index (κ3) is 5.19. The third-order valence-electron chi connectivity index (χ3n) is 4.55. The first kappa shape index (κ1) is 18.7. The van der Waals surface area contributed by atoms with E-state index in [2.05, 4.69) is 20.8 Å². The maximum Gasteiger partial charge on any atom is 0.407 e. The zero-order chi connectivity index (χ0) is 19.2. The predicted octanol–water partition coefficient (Wildman–Crippen LogP) is 2.58. The number of carbonyl (C=O) groups excluding carboxylic acids is 1. The number of aryl methyl sites for hydroxylation is 1. The topological polar surface area (TPSA) is 127 Å². The zero-order valence-corrected chi connectivity index (χ0v) is 14.9. The highest BCUT2D eigenvalue weighted by molar-refractivity contribution is 5.68. The summed E-state index contributed by atoms with van der Waals surface area (Å²) >= 11 is 0. The number of carboxylic acid groups (broad SMARTS) is 1. The Labute approximate surface area is 156 Å². The third-order valence-corrected chi connectivity index (χ3v) is 4.55. The molecule has 1 saturated carbocycles. The largest absolute Gasteiger partial charge is 0.465 e. The molecule has 1 aromatic carbocycles. The van der Waals surface area contributed by atoms with Crippen LogP contribution in [0, 0.1) is 6.92 Å². The first-order valence-corrected chi connectivity index (χ1v) is 8.78. The van der Waals surface area contributed by atoms with E-state index in [1.807, 2.05) is 30.3 Å². The highest BCUT2D eigenvalue weighted by Crippen LogP contribution is 2.32. The maximum atomic E-state index is 12.2. The van der Waals surface area contributed by atoms with Crippen LogP contribution >= 0.6 is 0 Å². The molecule has 1 aromatic heterocycles. The SMILES string of the molecule is Cc1noc([C@@H]2C[C@H](NC(=O)O)CC[C@@H]2NC(=O)OCc2ccccc2)n1. The van der Waals surface area contributed by atoms with E-state index in [1.165, 1.54) is 0 Å². The van der Waals surface area contributed by atoms with Crippen LogP contribution in [0.2, 0.25) is 0 Å². The number of amides is 2. The first-order chi connectivity index (χ1) is 13.0. The fraction of sp³-hybridized carbons (Fsp3) is 0.444. The average molecular weight is 374 g/mol. The van der Waals surface area contributed by atoms with Gasteiger partial charge in [0.15, 0.2) is 5.82 Å². The monoisotopic (exact) mass is 374 g/mol. The van der Waals surface area contributed by atoms with Gasteiger partial charge in [0.05, 0.1) is 5.92 Å². The van der Waals surface area contributed by atoms with Gasteiger partial charge in [-0.25, -0.2) is 9.59 Å². The fourth-order valence-electron chi connectivity index (χ4n) is 3.30.